The maximum Gasteiger partial charge on any atom is 0.337 e. The molecule has 0 bridgehead atoms. The number of carbonyl (C=O) groups is 2. The minimum absolute atomic E-state index is 0.186. The smallest absolute Gasteiger partial charge is 0.337 e. The summed E-state index contributed by atoms with van der Waals surface area (Å²) >= 11 is 0. The number of fused-ring (bicyclic) bond motifs is 1. The summed E-state index contributed by atoms with van der Waals surface area (Å²) in [6, 6.07) is 25.5. The molecule has 33 heavy (non-hydrogen) atoms. The molecule has 4 aromatic rings. The van der Waals surface area contributed by atoms with E-state index in [1.54, 1.807) is 6.07 Å². The maximum atomic E-state index is 12.1. The van der Waals surface area contributed by atoms with Crippen LogP contribution in [0.5, 0.6) is 0 Å². The highest BCUT2D eigenvalue weighted by molar-refractivity contribution is 6.00. The summed E-state index contributed by atoms with van der Waals surface area (Å²) in [5.41, 5.74) is 4.72. The highest BCUT2D eigenvalue weighted by atomic mass is 16.5. The first-order chi connectivity index (χ1) is 16.2. The van der Waals surface area contributed by atoms with Crippen molar-refractivity contribution in [1.29, 1.82) is 0 Å². The molecule has 0 fully saturated rings. The molecule has 0 aliphatic carbocycles. The van der Waals surface area contributed by atoms with E-state index in [1.165, 1.54) is 7.11 Å². The molecule has 0 aliphatic heterocycles. The minimum Gasteiger partial charge on any atom is -0.465 e. The zero-order valence-corrected chi connectivity index (χ0v) is 18.7. The van der Waals surface area contributed by atoms with Crippen molar-refractivity contribution in [3.05, 3.63) is 96.2 Å². The molecule has 0 spiro atoms. The number of hydrogen-bond acceptors (Lipinski definition) is 4. The van der Waals surface area contributed by atoms with Gasteiger partial charge in [0.05, 0.1) is 12.7 Å². The molecular weight excluding hydrogens is 414 g/mol. The number of aryl methyl sites for hydroxylation is 1. The number of methoxy groups -OCH3 is 1. The number of aromatic nitrogens is 1. The zero-order valence-electron chi connectivity index (χ0n) is 18.7. The minimum atomic E-state index is -0.355. The molecule has 0 N–H and O–H groups in total. The van der Waals surface area contributed by atoms with Gasteiger partial charge in [0.25, 0.3) is 0 Å². The van der Waals surface area contributed by atoms with Gasteiger partial charge in [0, 0.05) is 35.6 Å². The normalized spacial score (nSPS) is 10.8. The quantitative estimate of drug-likeness (QED) is 0.236. The van der Waals surface area contributed by atoms with Crippen LogP contribution in [-0.4, -0.2) is 23.6 Å². The van der Waals surface area contributed by atoms with Gasteiger partial charge in [-0.15, -0.1) is 0 Å². The van der Waals surface area contributed by atoms with Crippen LogP contribution in [-0.2, 0) is 27.4 Å². The fourth-order valence-electron chi connectivity index (χ4n) is 3.93. The largest absolute Gasteiger partial charge is 0.465 e. The molecule has 1 aromatic heterocycles. The monoisotopic (exact) mass is 441 g/mol. The van der Waals surface area contributed by atoms with E-state index >= 15 is 0 Å². The van der Waals surface area contributed by atoms with Crippen molar-refractivity contribution in [3.8, 4) is 11.1 Å². The Morgan fingerprint density at radius 2 is 1.61 bits per heavy atom. The Morgan fingerprint density at radius 3 is 2.33 bits per heavy atom. The fraction of sp³-hybridized carbons (Fsp3) is 0.214. The summed E-state index contributed by atoms with van der Waals surface area (Å²) in [5, 5.41) is 1.08. The van der Waals surface area contributed by atoms with Crippen molar-refractivity contribution in [2.45, 2.75) is 32.4 Å². The second-order valence-corrected chi connectivity index (χ2v) is 7.93. The van der Waals surface area contributed by atoms with Crippen LogP contribution in [0.3, 0.4) is 0 Å². The number of hydrogen-bond donors (Lipinski definition) is 0. The van der Waals surface area contributed by atoms with E-state index in [-0.39, 0.29) is 11.9 Å². The lowest BCUT2D eigenvalue weighted by Crippen LogP contribution is -2.05. The van der Waals surface area contributed by atoms with Gasteiger partial charge in [-0.05, 0) is 36.1 Å². The molecule has 3 aromatic carbocycles. The summed E-state index contributed by atoms with van der Waals surface area (Å²) in [6.07, 6.45) is 4.05. The molecule has 0 unspecified atom stereocenters. The van der Waals surface area contributed by atoms with Crippen LogP contribution < -0.4 is 0 Å². The molecule has 0 atom stereocenters. The highest BCUT2D eigenvalue weighted by Gasteiger charge is 2.14. The third kappa shape index (κ3) is 5.50. The Hall–Kier alpha value is -3.86. The van der Waals surface area contributed by atoms with Gasteiger partial charge in [0.2, 0.25) is 0 Å². The number of unbranched alkanes of at least 4 members (excludes halogenated alkanes) is 1. The van der Waals surface area contributed by atoms with E-state index in [1.807, 2.05) is 60.7 Å². The number of ether oxygens (including phenoxy) is 2. The van der Waals surface area contributed by atoms with E-state index in [0.717, 1.165) is 47.0 Å². The van der Waals surface area contributed by atoms with Gasteiger partial charge in [-0.25, -0.2) is 4.79 Å². The van der Waals surface area contributed by atoms with Crippen LogP contribution in [0.25, 0.3) is 22.0 Å². The Kier molecular flexibility index (Phi) is 7.20. The first-order valence-corrected chi connectivity index (χ1v) is 11.1. The molecule has 5 heteroatoms. The van der Waals surface area contributed by atoms with Crippen molar-refractivity contribution in [1.82, 2.24) is 4.57 Å². The summed E-state index contributed by atoms with van der Waals surface area (Å²) in [5.74, 6) is -0.541. The molecule has 5 nitrogen and oxygen atoms in total. The van der Waals surface area contributed by atoms with Crippen molar-refractivity contribution >= 4 is 22.8 Å². The first kappa shape index (κ1) is 22.3. The number of esters is 2. The standard InChI is InChI=1S/C28H27NO4/c1-32-28(31)23-15-16-24-25(22-12-6-3-7-13-22)19-29(26(24)18-23)17-9-8-14-27(30)33-20-21-10-4-2-5-11-21/h2-7,10-13,15-16,18-19H,8-9,14,17,20H2,1H3. The van der Waals surface area contributed by atoms with Crippen molar-refractivity contribution in [3.63, 3.8) is 0 Å². The Labute approximate surface area is 193 Å². The summed E-state index contributed by atoms with van der Waals surface area (Å²) in [4.78, 5) is 24.2. The van der Waals surface area contributed by atoms with Crippen LogP contribution in [0.4, 0.5) is 0 Å². The van der Waals surface area contributed by atoms with Crippen LogP contribution in [0.15, 0.2) is 85.1 Å². The van der Waals surface area contributed by atoms with Crippen molar-refractivity contribution < 1.29 is 19.1 Å². The van der Waals surface area contributed by atoms with E-state index in [9.17, 15) is 9.59 Å². The van der Waals surface area contributed by atoms with Gasteiger partial charge in [0.15, 0.2) is 0 Å². The SMILES string of the molecule is COC(=O)c1ccc2c(-c3ccccc3)cn(CCCCC(=O)OCc3ccccc3)c2c1. The second-order valence-electron chi connectivity index (χ2n) is 7.93. The third-order valence-electron chi connectivity index (χ3n) is 5.66. The van der Waals surface area contributed by atoms with E-state index < -0.39 is 0 Å². The number of benzene rings is 3. The molecule has 0 saturated carbocycles. The number of carbonyl (C=O) groups excluding carboxylic acids is 2. The predicted molar refractivity (Wildman–Crippen MR) is 129 cm³/mol. The molecular formula is C28H27NO4. The zero-order chi connectivity index (χ0) is 23.0. The molecule has 0 aliphatic rings. The molecule has 1 heterocycles. The van der Waals surface area contributed by atoms with Gasteiger partial charge < -0.3 is 14.0 Å². The average Bonchev–Trinajstić information content (AvgIpc) is 3.24. The molecule has 0 amide bonds. The highest BCUT2D eigenvalue weighted by Crippen LogP contribution is 2.31. The first-order valence-electron chi connectivity index (χ1n) is 11.1. The number of rotatable bonds is 9. The predicted octanol–water partition coefficient (Wildman–Crippen LogP) is 6.01. The van der Waals surface area contributed by atoms with Gasteiger partial charge in [-0.3, -0.25) is 4.79 Å². The molecule has 168 valence electrons. The van der Waals surface area contributed by atoms with Gasteiger partial charge in [-0.1, -0.05) is 66.7 Å². The maximum absolute atomic E-state index is 12.1. The summed E-state index contributed by atoms with van der Waals surface area (Å²) in [6.45, 7) is 1.04. The molecule has 0 radical (unpaired) electrons. The van der Waals surface area contributed by atoms with Crippen LogP contribution in [0.2, 0.25) is 0 Å². The Balaban J connectivity index is 1.44. The van der Waals surface area contributed by atoms with Crippen molar-refractivity contribution in [2.75, 3.05) is 7.11 Å². The van der Waals surface area contributed by atoms with E-state index in [0.29, 0.717) is 18.6 Å². The van der Waals surface area contributed by atoms with Crippen molar-refractivity contribution in [2.24, 2.45) is 0 Å². The average molecular weight is 442 g/mol. The van der Waals surface area contributed by atoms with Crippen LogP contribution >= 0.6 is 0 Å². The Morgan fingerprint density at radius 1 is 0.879 bits per heavy atom. The lowest BCUT2D eigenvalue weighted by molar-refractivity contribution is -0.145. The third-order valence-corrected chi connectivity index (χ3v) is 5.66. The van der Waals surface area contributed by atoms with E-state index in [2.05, 4.69) is 22.9 Å². The van der Waals surface area contributed by atoms with Gasteiger partial charge in [0.1, 0.15) is 6.61 Å². The van der Waals surface area contributed by atoms with Gasteiger partial charge >= 0.3 is 11.9 Å². The lowest BCUT2D eigenvalue weighted by atomic mass is 10.0. The fourth-order valence-corrected chi connectivity index (χ4v) is 3.93. The molecule has 4 rings (SSSR count). The summed E-state index contributed by atoms with van der Waals surface area (Å²) < 4.78 is 12.4. The van der Waals surface area contributed by atoms with E-state index in [4.69, 9.17) is 9.47 Å². The number of nitrogens with zero attached hydrogens (tertiary/aromatic N) is 1. The van der Waals surface area contributed by atoms with Crippen LogP contribution in [0.1, 0.15) is 35.2 Å². The second kappa shape index (κ2) is 10.6. The van der Waals surface area contributed by atoms with Crippen LogP contribution in [0, 0.1) is 0 Å². The molecule has 0 saturated heterocycles. The summed E-state index contributed by atoms with van der Waals surface area (Å²) in [7, 11) is 1.39. The lowest BCUT2D eigenvalue weighted by Gasteiger charge is -2.07. The Bertz CT molecular complexity index is 1230. The topological polar surface area (TPSA) is 57.5 Å². The van der Waals surface area contributed by atoms with Gasteiger partial charge in [-0.2, -0.15) is 0 Å².